The zero-order chi connectivity index (χ0) is 13.0. The van der Waals surface area contributed by atoms with Crippen molar-refractivity contribution < 1.29 is 14.7 Å². The third-order valence-corrected chi connectivity index (χ3v) is 4.12. The van der Waals surface area contributed by atoms with Crippen LogP contribution in [0.25, 0.3) is 0 Å². The highest BCUT2D eigenvalue weighted by molar-refractivity contribution is 5.78. The smallest absolute Gasteiger partial charge is 0.308 e. The van der Waals surface area contributed by atoms with Gasteiger partial charge in [0.2, 0.25) is 5.91 Å². The van der Waals surface area contributed by atoms with Gasteiger partial charge in [0.05, 0.1) is 5.92 Å². The Morgan fingerprint density at radius 2 is 1.94 bits per heavy atom. The summed E-state index contributed by atoms with van der Waals surface area (Å²) in [4.78, 5) is 24.5. The van der Waals surface area contributed by atoms with Gasteiger partial charge in [0, 0.05) is 19.5 Å². The average Bonchev–Trinajstić information content (AvgIpc) is 2.87. The third kappa shape index (κ3) is 3.45. The second kappa shape index (κ2) is 6.18. The predicted octanol–water partition coefficient (Wildman–Crippen LogP) is 0.699. The molecule has 2 fully saturated rings. The molecule has 1 unspecified atom stereocenters. The largest absolute Gasteiger partial charge is 0.481 e. The first-order valence-corrected chi connectivity index (χ1v) is 6.88. The fourth-order valence-electron chi connectivity index (χ4n) is 2.84. The molecule has 2 rings (SSSR count). The maximum Gasteiger partial charge on any atom is 0.308 e. The van der Waals surface area contributed by atoms with Crippen LogP contribution in [0.2, 0.25) is 0 Å². The molecule has 5 heteroatoms. The number of aliphatic carboxylic acids is 1. The SMILES string of the molecule is O=C(O)C1CCN(C(=O)CCC2CCNCC2)C1. The van der Waals surface area contributed by atoms with E-state index in [1.807, 2.05) is 0 Å². The van der Waals surface area contributed by atoms with Crippen LogP contribution in [0.3, 0.4) is 0 Å². The number of amides is 1. The molecule has 18 heavy (non-hydrogen) atoms. The van der Waals surface area contributed by atoms with Gasteiger partial charge in [-0.25, -0.2) is 0 Å². The number of nitrogens with zero attached hydrogens (tertiary/aromatic N) is 1. The Hall–Kier alpha value is -1.10. The topological polar surface area (TPSA) is 69.6 Å². The van der Waals surface area contributed by atoms with Gasteiger partial charge in [0.1, 0.15) is 0 Å². The molecule has 1 amide bonds. The van der Waals surface area contributed by atoms with Gasteiger partial charge in [-0.2, -0.15) is 0 Å². The fourth-order valence-corrected chi connectivity index (χ4v) is 2.84. The number of carbonyl (C=O) groups is 2. The summed E-state index contributed by atoms with van der Waals surface area (Å²) < 4.78 is 0. The molecule has 2 aliphatic heterocycles. The van der Waals surface area contributed by atoms with Crippen LogP contribution in [0.1, 0.15) is 32.1 Å². The second-order valence-corrected chi connectivity index (χ2v) is 5.40. The summed E-state index contributed by atoms with van der Waals surface area (Å²) >= 11 is 0. The van der Waals surface area contributed by atoms with Crippen LogP contribution in [-0.4, -0.2) is 48.1 Å². The molecule has 2 heterocycles. The third-order valence-electron chi connectivity index (χ3n) is 4.12. The molecule has 0 aromatic rings. The van der Waals surface area contributed by atoms with Gasteiger partial charge in [-0.1, -0.05) is 0 Å². The van der Waals surface area contributed by atoms with Crippen molar-refractivity contribution in [2.45, 2.75) is 32.1 Å². The van der Waals surface area contributed by atoms with Gasteiger partial charge in [-0.15, -0.1) is 0 Å². The number of carboxylic acids is 1. The van der Waals surface area contributed by atoms with E-state index in [0.717, 1.165) is 32.4 Å². The number of carboxylic acid groups (broad SMARTS) is 1. The first-order valence-electron chi connectivity index (χ1n) is 6.88. The van der Waals surface area contributed by atoms with Crippen molar-refractivity contribution in [3.05, 3.63) is 0 Å². The molecule has 0 saturated carbocycles. The summed E-state index contributed by atoms with van der Waals surface area (Å²) in [6.45, 7) is 3.13. The van der Waals surface area contributed by atoms with Crippen molar-refractivity contribution in [3.63, 3.8) is 0 Å². The standard InChI is InChI=1S/C13H22N2O3/c16-12(2-1-10-3-6-14-7-4-10)15-8-5-11(9-15)13(17)18/h10-11,14H,1-9H2,(H,17,18). The van der Waals surface area contributed by atoms with Crippen molar-refractivity contribution >= 4 is 11.9 Å². The monoisotopic (exact) mass is 254 g/mol. The lowest BCUT2D eigenvalue weighted by atomic mass is 9.93. The Morgan fingerprint density at radius 3 is 2.56 bits per heavy atom. The van der Waals surface area contributed by atoms with E-state index in [0.29, 0.717) is 31.8 Å². The molecule has 0 bridgehead atoms. The van der Waals surface area contributed by atoms with E-state index in [1.165, 1.54) is 0 Å². The highest BCUT2D eigenvalue weighted by Gasteiger charge is 2.30. The van der Waals surface area contributed by atoms with Crippen LogP contribution >= 0.6 is 0 Å². The first-order chi connectivity index (χ1) is 8.66. The van der Waals surface area contributed by atoms with Gasteiger partial charge < -0.3 is 15.3 Å². The summed E-state index contributed by atoms with van der Waals surface area (Å²) in [6.07, 6.45) is 4.45. The molecule has 2 saturated heterocycles. The van der Waals surface area contributed by atoms with E-state index in [2.05, 4.69) is 5.32 Å². The quantitative estimate of drug-likeness (QED) is 0.775. The van der Waals surface area contributed by atoms with E-state index >= 15 is 0 Å². The summed E-state index contributed by atoms with van der Waals surface area (Å²) in [5.41, 5.74) is 0. The maximum atomic E-state index is 12.0. The van der Waals surface area contributed by atoms with Gasteiger partial charge in [-0.3, -0.25) is 9.59 Å². The Bertz CT molecular complexity index is 313. The van der Waals surface area contributed by atoms with E-state index < -0.39 is 5.97 Å². The second-order valence-electron chi connectivity index (χ2n) is 5.40. The molecular weight excluding hydrogens is 232 g/mol. The van der Waals surface area contributed by atoms with Gasteiger partial charge in [0.25, 0.3) is 0 Å². The maximum absolute atomic E-state index is 12.0. The van der Waals surface area contributed by atoms with Crippen LogP contribution in [0.5, 0.6) is 0 Å². The minimum absolute atomic E-state index is 0.136. The lowest BCUT2D eigenvalue weighted by Gasteiger charge is -2.23. The molecule has 2 N–H and O–H groups in total. The van der Waals surface area contributed by atoms with E-state index in [-0.39, 0.29) is 11.8 Å². The Labute approximate surface area is 108 Å². The summed E-state index contributed by atoms with van der Waals surface area (Å²) in [6, 6.07) is 0. The van der Waals surface area contributed by atoms with Crippen molar-refractivity contribution in [1.82, 2.24) is 10.2 Å². The summed E-state index contributed by atoms with van der Waals surface area (Å²) in [7, 11) is 0. The highest BCUT2D eigenvalue weighted by Crippen LogP contribution is 2.21. The average molecular weight is 254 g/mol. The molecule has 0 spiro atoms. The Morgan fingerprint density at radius 1 is 1.22 bits per heavy atom. The molecular formula is C13H22N2O3. The van der Waals surface area contributed by atoms with E-state index in [1.54, 1.807) is 4.90 Å². The Balaban J connectivity index is 1.70. The first kappa shape index (κ1) is 13.3. The number of hydrogen-bond acceptors (Lipinski definition) is 3. The number of nitrogens with one attached hydrogen (secondary N) is 1. The van der Waals surface area contributed by atoms with E-state index in [4.69, 9.17) is 5.11 Å². The molecule has 0 aliphatic carbocycles. The Kier molecular flexibility index (Phi) is 4.58. The fraction of sp³-hybridized carbons (Fsp3) is 0.846. The minimum atomic E-state index is -0.774. The van der Waals surface area contributed by atoms with Gasteiger partial charge >= 0.3 is 5.97 Å². The van der Waals surface area contributed by atoms with Gasteiger partial charge in [0.15, 0.2) is 0 Å². The number of carbonyl (C=O) groups excluding carboxylic acids is 1. The summed E-state index contributed by atoms with van der Waals surface area (Å²) in [5, 5.41) is 12.2. The van der Waals surface area contributed by atoms with Crippen LogP contribution in [0.4, 0.5) is 0 Å². The van der Waals surface area contributed by atoms with Crippen molar-refractivity contribution in [1.29, 1.82) is 0 Å². The molecule has 2 aliphatic rings. The number of hydrogen-bond donors (Lipinski definition) is 2. The molecule has 1 atom stereocenters. The van der Waals surface area contributed by atoms with Crippen LogP contribution in [0.15, 0.2) is 0 Å². The van der Waals surface area contributed by atoms with Crippen molar-refractivity contribution in [2.24, 2.45) is 11.8 Å². The number of piperidine rings is 1. The lowest BCUT2D eigenvalue weighted by molar-refractivity contribution is -0.141. The highest BCUT2D eigenvalue weighted by atomic mass is 16.4. The molecule has 0 aromatic carbocycles. The number of rotatable bonds is 4. The molecule has 102 valence electrons. The minimum Gasteiger partial charge on any atom is -0.481 e. The predicted molar refractivity (Wildman–Crippen MR) is 67.2 cm³/mol. The van der Waals surface area contributed by atoms with Crippen molar-refractivity contribution in [2.75, 3.05) is 26.2 Å². The lowest BCUT2D eigenvalue weighted by Crippen LogP contribution is -2.31. The molecule has 0 radical (unpaired) electrons. The number of likely N-dealkylation sites (tertiary alicyclic amines) is 1. The zero-order valence-corrected chi connectivity index (χ0v) is 10.7. The molecule has 0 aromatic heterocycles. The van der Waals surface area contributed by atoms with Crippen LogP contribution < -0.4 is 5.32 Å². The summed E-state index contributed by atoms with van der Waals surface area (Å²) in [5.74, 6) is -0.332. The van der Waals surface area contributed by atoms with Crippen LogP contribution in [-0.2, 0) is 9.59 Å². The van der Waals surface area contributed by atoms with Crippen LogP contribution in [0, 0.1) is 11.8 Å². The zero-order valence-electron chi connectivity index (χ0n) is 10.7. The van der Waals surface area contributed by atoms with E-state index in [9.17, 15) is 9.59 Å². The van der Waals surface area contributed by atoms with Gasteiger partial charge in [-0.05, 0) is 44.7 Å². The molecule has 5 nitrogen and oxygen atoms in total. The normalized spacial score (nSPS) is 25.3. The van der Waals surface area contributed by atoms with Crippen molar-refractivity contribution in [3.8, 4) is 0 Å².